The van der Waals surface area contributed by atoms with E-state index >= 15 is 0 Å². The van der Waals surface area contributed by atoms with E-state index in [0.29, 0.717) is 24.2 Å². The molecule has 1 unspecified atom stereocenters. The fourth-order valence-corrected chi connectivity index (χ4v) is 5.54. The molecule has 1 saturated carbocycles. The molecule has 0 heterocycles. The van der Waals surface area contributed by atoms with Gasteiger partial charge in [-0.25, -0.2) is 0 Å². The van der Waals surface area contributed by atoms with Gasteiger partial charge >= 0.3 is 0 Å². The maximum atomic E-state index is 11.0. The number of rotatable bonds is 3. The second-order valence-corrected chi connectivity index (χ2v) is 8.34. The van der Waals surface area contributed by atoms with E-state index in [2.05, 4.69) is 39.8 Å². The topological polar surface area (TPSA) is 26.3 Å². The van der Waals surface area contributed by atoms with Gasteiger partial charge in [-0.15, -0.1) is 0 Å². The van der Waals surface area contributed by atoms with Crippen LogP contribution in [0, 0.1) is 23.2 Å². The fraction of sp³-hybridized carbons (Fsp3) is 0.750. The van der Waals surface area contributed by atoms with Crippen molar-refractivity contribution < 1.29 is 9.53 Å². The Hall–Kier alpha value is -1.05. The summed E-state index contributed by atoms with van der Waals surface area (Å²) in [7, 11) is 0. The van der Waals surface area contributed by atoms with E-state index in [-0.39, 0.29) is 11.0 Å². The highest BCUT2D eigenvalue weighted by atomic mass is 16.5. The van der Waals surface area contributed by atoms with Crippen LogP contribution in [0.3, 0.4) is 0 Å². The predicted molar refractivity (Wildman–Crippen MR) is 89.3 cm³/mol. The molecule has 0 radical (unpaired) electrons. The molecule has 2 nitrogen and oxygen atoms in total. The lowest BCUT2D eigenvalue weighted by Crippen LogP contribution is -2.54. The summed E-state index contributed by atoms with van der Waals surface area (Å²) in [5, 5.41) is 0. The van der Waals surface area contributed by atoms with Gasteiger partial charge in [-0.1, -0.05) is 38.5 Å². The van der Waals surface area contributed by atoms with Crippen LogP contribution in [0.1, 0.15) is 66.2 Å². The van der Waals surface area contributed by atoms with E-state index in [1.54, 1.807) is 11.1 Å². The third kappa shape index (κ3) is 2.35. The summed E-state index contributed by atoms with van der Waals surface area (Å²) in [6, 6.07) is 0. The Kier molecular flexibility index (Phi) is 3.99. The van der Waals surface area contributed by atoms with E-state index in [1.165, 1.54) is 25.7 Å². The molecule has 4 atom stereocenters. The summed E-state index contributed by atoms with van der Waals surface area (Å²) in [4.78, 5) is 11.0. The van der Waals surface area contributed by atoms with Crippen molar-refractivity contribution in [3.63, 3.8) is 0 Å². The molecule has 3 aliphatic rings. The molecule has 1 fully saturated rings. The lowest BCUT2D eigenvalue weighted by molar-refractivity contribution is -0.168. The van der Waals surface area contributed by atoms with E-state index < -0.39 is 0 Å². The second kappa shape index (κ2) is 5.54. The smallest absolute Gasteiger partial charge is 0.293 e. The van der Waals surface area contributed by atoms with Crippen molar-refractivity contribution in [1.82, 2.24) is 0 Å². The third-order valence-corrected chi connectivity index (χ3v) is 6.84. The van der Waals surface area contributed by atoms with Crippen molar-refractivity contribution in [2.45, 2.75) is 71.8 Å². The van der Waals surface area contributed by atoms with Gasteiger partial charge in [-0.2, -0.15) is 0 Å². The van der Waals surface area contributed by atoms with Gasteiger partial charge in [0, 0.05) is 5.92 Å². The minimum absolute atomic E-state index is 0.277. The van der Waals surface area contributed by atoms with Crippen molar-refractivity contribution in [1.29, 1.82) is 0 Å². The number of allylic oxidation sites excluding steroid dienone is 4. The lowest BCUT2D eigenvalue weighted by atomic mass is 9.50. The van der Waals surface area contributed by atoms with Gasteiger partial charge in [0.2, 0.25) is 0 Å². The van der Waals surface area contributed by atoms with Gasteiger partial charge in [0.15, 0.2) is 0 Å². The molecule has 0 aliphatic heterocycles. The van der Waals surface area contributed by atoms with Crippen LogP contribution in [-0.2, 0) is 9.53 Å². The molecule has 3 rings (SSSR count). The zero-order chi connectivity index (χ0) is 16.0. The minimum Gasteiger partial charge on any atom is -0.461 e. The summed E-state index contributed by atoms with van der Waals surface area (Å²) < 4.78 is 5.62. The summed E-state index contributed by atoms with van der Waals surface area (Å²) in [5.41, 5.74) is 3.16. The zero-order valence-corrected chi connectivity index (χ0v) is 14.5. The molecule has 2 heteroatoms. The molecule has 0 saturated heterocycles. The molecule has 3 aliphatic carbocycles. The molecular weight excluding hydrogens is 272 g/mol. The number of carbonyl (C=O) groups is 1. The molecule has 0 bridgehead atoms. The second-order valence-electron chi connectivity index (χ2n) is 8.34. The van der Waals surface area contributed by atoms with Crippen LogP contribution in [-0.4, -0.2) is 12.1 Å². The highest BCUT2D eigenvalue weighted by molar-refractivity contribution is 5.40. The number of carbonyl (C=O) groups excluding carboxylic acids is 1. The van der Waals surface area contributed by atoms with Crippen LogP contribution in [0.25, 0.3) is 0 Å². The van der Waals surface area contributed by atoms with Crippen molar-refractivity contribution in [2.75, 3.05) is 0 Å². The molecule has 0 aromatic carbocycles. The summed E-state index contributed by atoms with van der Waals surface area (Å²) in [5.74, 6) is 1.76. The largest absolute Gasteiger partial charge is 0.461 e. The highest BCUT2D eigenvalue weighted by Crippen LogP contribution is 2.60. The monoisotopic (exact) mass is 302 g/mol. The molecule has 0 aromatic rings. The van der Waals surface area contributed by atoms with Crippen LogP contribution < -0.4 is 0 Å². The van der Waals surface area contributed by atoms with Gasteiger partial charge in [-0.05, 0) is 68.3 Å². The molecule has 22 heavy (non-hydrogen) atoms. The first-order valence-corrected chi connectivity index (χ1v) is 8.93. The minimum atomic E-state index is -0.279. The van der Waals surface area contributed by atoms with Gasteiger partial charge in [0.05, 0.1) is 0 Å². The number of hydrogen-bond acceptors (Lipinski definition) is 2. The fourth-order valence-electron chi connectivity index (χ4n) is 5.54. The van der Waals surface area contributed by atoms with E-state index in [0.717, 1.165) is 12.8 Å². The van der Waals surface area contributed by atoms with E-state index in [1.807, 2.05) is 0 Å². The Labute approximate surface area is 135 Å². The maximum absolute atomic E-state index is 11.0. The predicted octanol–water partition coefficient (Wildman–Crippen LogP) is 5.05. The Morgan fingerprint density at radius 2 is 2.09 bits per heavy atom. The van der Waals surface area contributed by atoms with Crippen molar-refractivity contribution in [2.24, 2.45) is 23.2 Å². The van der Waals surface area contributed by atoms with Crippen molar-refractivity contribution in [3.8, 4) is 0 Å². The Balaban J connectivity index is 1.96. The maximum Gasteiger partial charge on any atom is 0.293 e. The average molecular weight is 302 g/mol. The zero-order valence-electron chi connectivity index (χ0n) is 14.5. The first kappa shape index (κ1) is 15.8. The van der Waals surface area contributed by atoms with Crippen LogP contribution in [0.2, 0.25) is 0 Å². The normalized spacial score (nSPS) is 41.1. The third-order valence-electron chi connectivity index (χ3n) is 6.84. The molecule has 122 valence electrons. The van der Waals surface area contributed by atoms with Crippen LogP contribution in [0.15, 0.2) is 23.3 Å². The average Bonchev–Trinajstić information content (AvgIpc) is 2.46. The molecule has 0 amide bonds. The van der Waals surface area contributed by atoms with E-state index in [9.17, 15) is 4.79 Å². The molecule has 0 spiro atoms. The van der Waals surface area contributed by atoms with Gasteiger partial charge in [0.25, 0.3) is 6.47 Å². The van der Waals surface area contributed by atoms with Crippen molar-refractivity contribution >= 4 is 6.47 Å². The van der Waals surface area contributed by atoms with E-state index in [4.69, 9.17) is 4.74 Å². The molecular formula is C20H30O2. The Bertz CT molecular complexity index is 516. The Morgan fingerprint density at radius 3 is 2.77 bits per heavy atom. The van der Waals surface area contributed by atoms with Gasteiger partial charge in [-0.3, -0.25) is 4.79 Å². The quantitative estimate of drug-likeness (QED) is 0.682. The number of hydrogen-bond donors (Lipinski definition) is 0. The molecule has 0 N–H and O–H groups in total. The first-order chi connectivity index (χ1) is 10.4. The Morgan fingerprint density at radius 1 is 1.32 bits per heavy atom. The van der Waals surface area contributed by atoms with Gasteiger partial charge < -0.3 is 4.74 Å². The van der Waals surface area contributed by atoms with Crippen molar-refractivity contribution in [3.05, 3.63) is 23.3 Å². The standard InChI is InChI=1S/C20H30O2/c1-14(2)15-6-8-17-16(12-15)7-9-18-19(17,3)10-5-11-20(18,4)22-13-21/h7,12-14,17-18H,5-6,8-11H2,1-4H3/t17?,18-,19-,20-/m1/s1. The first-order valence-electron chi connectivity index (χ1n) is 8.93. The summed E-state index contributed by atoms with van der Waals surface area (Å²) in [6.07, 6.45) is 11.9. The summed E-state index contributed by atoms with van der Waals surface area (Å²) >= 11 is 0. The SMILES string of the molecule is CC(C)C1=CC2=CC[C@H]3[C@](C)(OC=O)CCC[C@]3(C)C2CC1. The van der Waals surface area contributed by atoms with Gasteiger partial charge in [0.1, 0.15) is 5.60 Å². The van der Waals surface area contributed by atoms with Crippen LogP contribution >= 0.6 is 0 Å². The highest BCUT2D eigenvalue weighted by Gasteiger charge is 2.55. The summed E-state index contributed by atoms with van der Waals surface area (Å²) in [6.45, 7) is 9.88. The van der Waals surface area contributed by atoms with Crippen LogP contribution in [0.5, 0.6) is 0 Å². The number of ether oxygens (including phenoxy) is 1. The molecule has 0 aromatic heterocycles. The van der Waals surface area contributed by atoms with Crippen LogP contribution in [0.4, 0.5) is 0 Å². The lowest BCUT2D eigenvalue weighted by Gasteiger charge is -2.57. The number of fused-ring (bicyclic) bond motifs is 3.